The highest BCUT2D eigenvalue weighted by molar-refractivity contribution is 7.89. The fourth-order valence-electron chi connectivity index (χ4n) is 1.44. The first-order valence-electron chi connectivity index (χ1n) is 5.85. The average Bonchev–Trinajstić information content (AvgIpc) is 2.14. The summed E-state index contributed by atoms with van der Waals surface area (Å²) in [6, 6.07) is 0. The van der Waals surface area contributed by atoms with E-state index in [0.717, 1.165) is 12.8 Å². The quantitative estimate of drug-likeness (QED) is 0.503. The van der Waals surface area contributed by atoms with E-state index in [1.807, 2.05) is 0 Å². The third kappa shape index (κ3) is 5.36. The second kappa shape index (κ2) is 6.20. The van der Waals surface area contributed by atoms with Gasteiger partial charge in [-0.3, -0.25) is 4.99 Å². The monoisotopic (exact) mass is 262 g/mol. The molecule has 3 N–H and O–H groups in total. The number of nitrogens with two attached hydrogens (primary N) is 1. The van der Waals surface area contributed by atoms with E-state index >= 15 is 0 Å². The van der Waals surface area contributed by atoms with Gasteiger partial charge < -0.3 is 10.6 Å². The minimum absolute atomic E-state index is 0.00569. The molecule has 0 saturated heterocycles. The minimum atomic E-state index is -3.21. The van der Waals surface area contributed by atoms with Gasteiger partial charge in [0.2, 0.25) is 10.0 Å². The van der Waals surface area contributed by atoms with Gasteiger partial charge in [-0.25, -0.2) is 13.1 Å². The number of sulfonamides is 1. The third-order valence-corrected chi connectivity index (χ3v) is 4.24. The van der Waals surface area contributed by atoms with Gasteiger partial charge in [-0.15, -0.1) is 0 Å². The van der Waals surface area contributed by atoms with Gasteiger partial charge in [0.05, 0.1) is 12.3 Å². The molecule has 1 aliphatic carbocycles. The van der Waals surface area contributed by atoms with Crippen molar-refractivity contribution in [1.29, 1.82) is 0 Å². The molecule has 0 amide bonds. The molecule has 0 bridgehead atoms. The standard InChI is InChI=1S/C10H22N4O2S/c1-14(2)10(11)12-6-7-17(15,16)13-8-9-4-3-5-9/h9,13H,3-8H2,1-2H3,(H2,11,12). The lowest BCUT2D eigenvalue weighted by Crippen LogP contribution is -2.35. The first-order chi connectivity index (χ1) is 7.91. The SMILES string of the molecule is CN(C)C(N)=NCCS(=O)(=O)NCC1CCC1. The van der Waals surface area contributed by atoms with E-state index in [2.05, 4.69) is 9.71 Å². The Kier molecular flexibility index (Phi) is 5.20. The summed E-state index contributed by atoms with van der Waals surface area (Å²) in [5.41, 5.74) is 5.56. The molecular formula is C10H22N4O2S. The van der Waals surface area contributed by atoms with Crippen LogP contribution in [0.25, 0.3) is 0 Å². The van der Waals surface area contributed by atoms with Gasteiger partial charge in [-0.2, -0.15) is 0 Å². The Hall–Kier alpha value is -0.820. The van der Waals surface area contributed by atoms with Crippen LogP contribution in [0.5, 0.6) is 0 Å². The topological polar surface area (TPSA) is 87.8 Å². The smallest absolute Gasteiger partial charge is 0.213 e. The first-order valence-corrected chi connectivity index (χ1v) is 7.50. The fourth-order valence-corrected chi connectivity index (χ4v) is 2.40. The molecule has 0 aromatic carbocycles. The zero-order valence-corrected chi connectivity index (χ0v) is 11.3. The summed E-state index contributed by atoms with van der Waals surface area (Å²) in [4.78, 5) is 5.62. The summed E-state index contributed by atoms with van der Waals surface area (Å²) >= 11 is 0. The summed E-state index contributed by atoms with van der Waals surface area (Å²) in [6.07, 6.45) is 3.48. The number of nitrogens with zero attached hydrogens (tertiary/aromatic N) is 2. The van der Waals surface area contributed by atoms with Gasteiger partial charge in [0, 0.05) is 20.6 Å². The van der Waals surface area contributed by atoms with Gasteiger partial charge in [0.1, 0.15) is 0 Å². The van der Waals surface area contributed by atoms with Crippen LogP contribution in [0.2, 0.25) is 0 Å². The van der Waals surface area contributed by atoms with Gasteiger partial charge in [-0.05, 0) is 18.8 Å². The number of hydrogen-bond donors (Lipinski definition) is 2. The first kappa shape index (κ1) is 14.2. The third-order valence-electron chi connectivity index (χ3n) is 2.91. The normalized spacial score (nSPS) is 17.9. The zero-order valence-electron chi connectivity index (χ0n) is 10.5. The van der Waals surface area contributed by atoms with Crippen LogP contribution in [0.15, 0.2) is 4.99 Å². The highest BCUT2D eigenvalue weighted by atomic mass is 32.2. The van der Waals surface area contributed by atoms with Crippen molar-refractivity contribution in [3.63, 3.8) is 0 Å². The molecule has 1 fully saturated rings. The van der Waals surface area contributed by atoms with Crippen molar-refractivity contribution < 1.29 is 8.42 Å². The second-order valence-corrected chi connectivity index (χ2v) is 6.53. The van der Waals surface area contributed by atoms with Gasteiger partial charge >= 0.3 is 0 Å². The van der Waals surface area contributed by atoms with E-state index < -0.39 is 10.0 Å². The Labute approximate surface area is 103 Å². The molecule has 0 unspecified atom stereocenters. The molecule has 0 atom stereocenters. The Bertz CT molecular complexity index is 361. The Morgan fingerprint density at radius 3 is 2.59 bits per heavy atom. The van der Waals surface area contributed by atoms with E-state index in [4.69, 9.17) is 5.73 Å². The van der Waals surface area contributed by atoms with Crippen molar-refractivity contribution in [3.8, 4) is 0 Å². The molecule has 0 aromatic heterocycles. The lowest BCUT2D eigenvalue weighted by Gasteiger charge is -2.25. The number of aliphatic imine (C=N–C) groups is 1. The van der Waals surface area contributed by atoms with Crippen LogP contribution in [0.1, 0.15) is 19.3 Å². The van der Waals surface area contributed by atoms with Crippen molar-refractivity contribution in [2.24, 2.45) is 16.6 Å². The number of rotatable bonds is 6. The lowest BCUT2D eigenvalue weighted by atomic mass is 9.86. The Balaban J connectivity index is 2.26. The molecule has 0 aromatic rings. The summed E-state index contributed by atoms with van der Waals surface area (Å²) in [5, 5.41) is 0. The molecular weight excluding hydrogens is 240 g/mol. The largest absolute Gasteiger partial charge is 0.370 e. The molecule has 0 heterocycles. The van der Waals surface area contributed by atoms with Crippen molar-refractivity contribution in [2.75, 3.05) is 32.9 Å². The summed E-state index contributed by atoms with van der Waals surface area (Å²) in [5.74, 6) is 0.869. The van der Waals surface area contributed by atoms with Crippen molar-refractivity contribution in [3.05, 3.63) is 0 Å². The van der Waals surface area contributed by atoms with E-state index in [0.29, 0.717) is 18.4 Å². The van der Waals surface area contributed by atoms with Crippen LogP contribution in [-0.2, 0) is 10.0 Å². The number of nitrogens with one attached hydrogen (secondary N) is 1. The van der Waals surface area contributed by atoms with Crippen LogP contribution in [0, 0.1) is 5.92 Å². The number of hydrogen-bond acceptors (Lipinski definition) is 3. The molecule has 100 valence electrons. The molecule has 0 aliphatic heterocycles. The highest BCUT2D eigenvalue weighted by Crippen LogP contribution is 2.25. The molecule has 7 heteroatoms. The van der Waals surface area contributed by atoms with Crippen LogP contribution >= 0.6 is 0 Å². The summed E-state index contributed by atoms with van der Waals surface area (Å²) in [7, 11) is 0.327. The predicted molar refractivity (Wildman–Crippen MR) is 69.3 cm³/mol. The maximum Gasteiger partial charge on any atom is 0.213 e. The van der Waals surface area contributed by atoms with Gasteiger partial charge in [0.15, 0.2) is 5.96 Å². The fraction of sp³-hybridized carbons (Fsp3) is 0.900. The van der Waals surface area contributed by atoms with Crippen molar-refractivity contribution in [1.82, 2.24) is 9.62 Å². The Morgan fingerprint density at radius 1 is 1.47 bits per heavy atom. The summed E-state index contributed by atoms with van der Waals surface area (Å²) < 4.78 is 25.8. The molecule has 0 radical (unpaired) electrons. The van der Waals surface area contributed by atoms with Gasteiger partial charge in [-0.1, -0.05) is 6.42 Å². The number of guanidine groups is 1. The zero-order chi connectivity index (χ0) is 12.9. The lowest BCUT2D eigenvalue weighted by molar-refractivity contribution is 0.316. The van der Waals surface area contributed by atoms with Crippen LogP contribution in [-0.4, -0.2) is 52.2 Å². The van der Waals surface area contributed by atoms with Crippen LogP contribution < -0.4 is 10.5 Å². The van der Waals surface area contributed by atoms with E-state index in [1.165, 1.54) is 6.42 Å². The maximum absolute atomic E-state index is 11.6. The highest BCUT2D eigenvalue weighted by Gasteiger charge is 2.19. The second-order valence-electron chi connectivity index (χ2n) is 4.60. The van der Waals surface area contributed by atoms with Crippen molar-refractivity contribution in [2.45, 2.75) is 19.3 Å². The van der Waals surface area contributed by atoms with E-state index in [-0.39, 0.29) is 12.3 Å². The van der Waals surface area contributed by atoms with Crippen LogP contribution in [0.4, 0.5) is 0 Å². The van der Waals surface area contributed by atoms with Crippen molar-refractivity contribution >= 4 is 16.0 Å². The summed E-state index contributed by atoms with van der Waals surface area (Å²) in [6.45, 7) is 0.763. The predicted octanol–water partition coefficient (Wildman–Crippen LogP) is -0.418. The average molecular weight is 262 g/mol. The van der Waals surface area contributed by atoms with Gasteiger partial charge in [0.25, 0.3) is 0 Å². The molecule has 1 saturated carbocycles. The maximum atomic E-state index is 11.6. The molecule has 0 spiro atoms. The molecule has 1 aliphatic rings. The van der Waals surface area contributed by atoms with E-state index in [1.54, 1.807) is 19.0 Å². The molecule has 6 nitrogen and oxygen atoms in total. The van der Waals surface area contributed by atoms with E-state index in [9.17, 15) is 8.42 Å². The molecule has 17 heavy (non-hydrogen) atoms. The minimum Gasteiger partial charge on any atom is -0.370 e. The Morgan fingerprint density at radius 2 is 2.12 bits per heavy atom. The van der Waals surface area contributed by atoms with Crippen LogP contribution in [0.3, 0.4) is 0 Å². The molecule has 1 rings (SSSR count).